The Morgan fingerprint density at radius 1 is 1.37 bits per heavy atom. The summed E-state index contributed by atoms with van der Waals surface area (Å²) >= 11 is 0. The summed E-state index contributed by atoms with van der Waals surface area (Å²) in [7, 11) is 0. The molecule has 100 valence electrons. The molecule has 1 N–H and O–H groups in total. The van der Waals surface area contributed by atoms with Crippen molar-refractivity contribution in [1.82, 2.24) is 5.32 Å². The summed E-state index contributed by atoms with van der Waals surface area (Å²) < 4.78 is 0. The molecule has 19 heavy (non-hydrogen) atoms. The molecule has 0 aromatic heterocycles. The summed E-state index contributed by atoms with van der Waals surface area (Å²) in [5, 5.41) is 11.8. The van der Waals surface area contributed by atoms with Gasteiger partial charge in [-0.05, 0) is 44.0 Å². The Labute approximate surface area is 114 Å². The Bertz CT molecular complexity index is 512. The summed E-state index contributed by atoms with van der Waals surface area (Å²) in [4.78, 5) is 14.1. The van der Waals surface area contributed by atoms with Crippen LogP contribution in [0.3, 0.4) is 0 Å². The molecule has 1 aliphatic heterocycles. The largest absolute Gasteiger partial charge is 0.357 e. The van der Waals surface area contributed by atoms with E-state index in [0.717, 1.165) is 12.2 Å². The van der Waals surface area contributed by atoms with Gasteiger partial charge in [-0.15, -0.1) is 0 Å². The van der Waals surface area contributed by atoms with Gasteiger partial charge in [0.15, 0.2) is 0 Å². The quantitative estimate of drug-likeness (QED) is 0.880. The number of nitriles is 1. The number of hydrogen-bond donors (Lipinski definition) is 1. The van der Waals surface area contributed by atoms with Crippen molar-refractivity contribution in [3.05, 3.63) is 29.3 Å². The van der Waals surface area contributed by atoms with Crippen molar-refractivity contribution in [2.75, 3.05) is 11.4 Å². The number of carbonyl (C=O) groups is 1. The minimum Gasteiger partial charge on any atom is -0.357 e. The maximum absolute atomic E-state index is 12.0. The van der Waals surface area contributed by atoms with E-state index in [1.807, 2.05) is 25.7 Å². The predicted octanol–water partition coefficient (Wildman–Crippen LogP) is 1.91. The number of aryl methyl sites for hydroxylation is 2. The van der Waals surface area contributed by atoms with Crippen molar-refractivity contribution in [3.8, 4) is 6.07 Å². The molecule has 1 fully saturated rings. The van der Waals surface area contributed by atoms with Crippen LogP contribution in [0.5, 0.6) is 0 Å². The highest BCUT2D eigenvalue weighted by atomic mass is 16.2. The zero-order valence-electron chi connectivity index (χ0n) is 11.6. The Hall–Kier alpha value is -2.02. The second-order valence-corrected chi connectivity index (χ2v) is 5.29. The number of amides is 1. The van der Waals surface area contributed by atoms with E-state index >= 15 is 0 Å². The summed E-state index contributed by atoms with van der Waals surface area (Å²) in [6.45, 7) is 6.81. The topological polar surface area (TPSA) is 56.1 Å². The van der Waals surface area contributed by atoms with Crippen LogP contribution in [0.25, 0.3) is 0 Å². The average Bonchev–Trinajstić information content (AvgIpc) is 2.31. The number of benzene rings is 1. The maximum Gasteiger partial charge on any atom is 0.244 e. The molecule has 4 heteroatoms. The lowest BCUT2D eigenvalue weighted by atomic mass is 10.0. The highest BCUT2D eigenvalue weighted by molar-refractivity contribution is 5.87. The van der Waals surface area contributed by atoms with Gasteiger partial charge in [0.05, 0.1) is 12.5 Å². The van der Waals surface area contributed by atoms with Crippen LogP contribution in [0.1, 0.15) is 24.5 Å². The van der Waals surface area contributed by atoms with E-state index in [0.29, 0.717) is 0 Å². The van der Waals surface area contributed by atoms with Crippen molar-refractivity contribution in [2.24, 2.45) is 0 Å². The van der Waals surface area contributed by atoms with Gasteiger partial charge in [0.1, 0.15) is 6.04 Å². The molecule has 2 atom stereocenters. The Kier molecular flexibility index (Phi) is 3.75. The van der Waals surface area contributed by atoms with E-state index in [4.69, 9.17) is 5.26 Å². The van der Waals surface area contributed by atoms with Crippen LogP contribution in [-0.4, -0.2) is 24.5 Å². The van der Waals surface area contributed by atoms with Crippen LogP contribution < -0.4 is 10.2 Å². The molecule has 1 aliphatic rings. The third kappa shape index (κ3) is 2.87. The fraction of sp³-hybridized carbons (Fsp3) is 0.467. The molecule has 1 aromatic rings. The number of hydrogen-bond acceptors (Lipinski definition) is 3. The third-order valence-electron chi connectivity index (χ3n) is 3.36. The summed E-state index contributed by atoms with van der Waals surface area (Å²) in [5.74, 6) is -0.0561. The van der Waals surface area contributed by atoms with Gasteiger partial charge in [-0.1, -0.05) is 6.07 Å². The van der Waals surface area contributed by atoms with Gasteiger partial charge in [0.2, 0.25) is 5.91 Å². The highest BCUT2D eigenvalue weighted by Crippen LogP contribution is 2.24. The molecule has 1 heterocycles. The van der Waals surface area contributed by atoms with Gasteiger partial charge in [-0.2, -0.15) is 5.26 Å². The van der Waals surface area contributed by atoms with Crippen molar-refractivity contribution in [3.63, 3.8) is 0 Å². The number of carbonyl (C=O) groups excluding carboxylic acids is 1. The first kappa shape index (κ1) is 13.4. The number of piperazine rings is 1. The second-order valence-electron chi connectivity index (χ2n) is 5.29. The molecular weight excluding hydrogens is 238 g/mol. The first-order valence-corrected chi connectivity index (χ1v) is 6.53. The van der Waals surface area contributed by atoms with Gasteiger partial charge in [0.25, 0.3) is 0 Å². The standard InChI is InChI=1S/C15H19N3O/c1-10-6-11(2)8-13(7-10)18-9-12(3)17-15(19)14(18)4-5-16/h6-8,12,14H,4,9H2,1-3H3,(H,17,19). The lowest BCUT2D eigenvalue weighted by Crippen LogP contribution is -2.59. The first-order valence-electron chi connectivity index (χ1n) is 6.53. The molecular formula is C15H19N3O. The summed E-state index contributed by atoms with van der Waals surface area (Å²) in [6.07, 6.45) is 0.214. The Morgan fingerprint density at radius 3 is 2.58 bits per heavy atom. The SMILES string of the molecule is Cc1cc(C)cc(N2CC(C)NC(=O)C2CC#N)c1. The number of anilines is 1. The zero-order valence-corrected chi connectivity index (χ0v) is 11.6. The molecule has 0 spiro atoms. The number of nitrogens with one attached hydrogen (secondary N) is 1. The Morgan fingerprint density at radius 2 is 2.00 bits per heavy atom. The normalized spacial score (nSPS) is 22.8. The summed E-state index contributed by atoms with van der Waals surface area (Å²) in [6, 6.07) is 8.07. The fourth-order valence-corrected chi connectivity index (χ4v) is 2.64. The smallest absolute Gasteiger partial charge is 0.244 e. The minimum atomic E-state index is -0.387. The molecule has 1 aromatic carbocycles. The highest BCUT2D eigenvalue weighted by Gasteiger charge is 2.32. The molecule has 0 saturated carbocycles. The van der Waals surface area contributed by atoms with Gasteiger partial charge < -0.3 is 10.2 Å². The fourth-order valence-electron chi connectivity index (χ4n) is 2.64. The predicted molar refractivity (Wildman–Crippen MR) is 74.9 cm³/mol. The van der Waals surface area contributed by atoms with Crippen LogP contribution in [0.2, 0.25) is 0 Å². The van der Waals surface area contributed by atoms with E-state index in [2.05, 4.69) is 29.6 Å². The molecule has 2 unspecified atom stereocenters. The zero-order chi connectivity index (χ0) is 14.0. The second kappa shape index (κ2) is 5.31. The molecule has 2 rings (SSSR count). The van der Waals surface area contributed by atoms with Crippen molar-refractivity contribution in [2.45, 2.75) is 39.3 Å². The van der Waals surface area contributed by atoms with E-state index in [1.54, 1.807) is 0 Å². The molecule has 0 bridgehead atoms. The van der Waals surface area contributed by atoms with Crippen LogP contribution >= 0.6 is 0 Å². The van der Waals surface area contributed by atoms with E-state index in [9.17, 15) is 4.79 Å². The monoisotopic (exact) mass is 257 g/mol. The van der Waals surface area contributed by atoms with Crippen LogP contribution in [0, 0.1) is 25.2 Å². The molecule has 4 nitrogen and oxygen atoms in total. The summed E-state index contributed by atoms with van der Waals surface area (Å²) in [5.41, 5.74) is 3.37. The van der Waals surface area contributed by atoms with Crippen LogP contribution in [-0.2, 0) is 4.79 Å². The Balaban J connectivity index is 2.37. The van der Waals surface area contributed by atoms with E-state index in [1.165, 1.54) is 11.1 Å². The lowest BCUT2D eigenvalue weighted by molar-refractivity contribution is -0.124. The maximum atomic E-state index is 12.0. The average molecular weight is 257 g/mol. The van der Waals surface area contributed by atoms with Crippen molar-refractivity contribution < 1.29 is 4.79 Å². The molecule has 0 aliphatic carbocycles. The minimum absolute atomic E-state index is 0.0561. The van der Waals surface area contributed by atoms with Crippen molar-refractivity contribution in [1.29, 1.82) is 5.26 Å². The van der Waals surface area contributed by atoms with Gasteiger partial charge in [-0.3, -0.25) is 4.79 Å². The van der Waals surface area contributed by atoms with Gasteiger partial charge >= 0.3 is 0 Å². The van der Waals surface area contributed by atoms with Gasteiger partial charge in [0, 0.05) is 18.3 Å². The lowest BCUT2D eigenvalue weighted by Gasteiger charge is -2.39. The van der Waals surface area contributed by atoms with Gasteiger partial charge in [-0.25, -0.2) is 0 Å². The molecule has 1 saturated heterocycles. The first-order chi connectivity index (χ1) is 9.01. The van der Waals surface area contributed by atoms with Crippen LogP contribution in [0.15, 0.2) is 18.2 Å². The van der Waals surface area contributed by atoms with E-state index in [-0.39, 0.29) is 24.4 Å². The van der Waals surface area contributed by atoms with Crippen molar-refractivity contribution >= 4 is 11.6 Å². The number of rotatable bonds is 2. The van der Waals surface area contributed by atoms with Crippen LogP contribution in [0.4, 0.5) is 5.69 Å². The van der Waals surface area contributed by atoms with E-state index < -0.39 is 0 Å². The third-order valence-corrected chi connectivity index (χ3v) is 3.36. The molecule has 1 amide bonds. The molecule has 0 radical (unpaired) electrons. The number of nitrogens with zero attached hydrogens (tertiary/aromatic N) is 2.